The number of nitriles is 1. The Morgan fingerprint density at radius 1 is 1.60 bits per heavy atom. The van der Waals surface area contributed by atoms with Crippen molar-refractivity contribution in [1.29, 1.82) is 5.26 Å². The van der Waals surface area contributed by atoms with Crippen LogP contribution in [0.1, 0.15) is 23.0 Å². The average molecular weight is 270 g/mol. The van der Waals surface area contributed by atoms with Gasteiger partial charge in [0, 0.05) is 11.9 Å². The molecule has 1 N–H and O–H groups in total. The summed E-state index contributed by atoms with van der Waals surface area (Å²) in [6.07, 6.45) is 0.638. The molecule has 0 saturated carbocycles. The van der Waals surface area contributed by atoms with Gasteiger partial charge in [0.05, 0.1) is 24.1 Å². The normalized spacial score (nSPS) is 16.9. The SMILES string of the molecule is CCOC(=O)c1cc2c(O)ccc3c2n1CC(C#N)C3. The smallest absolute Gasteiger partial charge is 0.354 e. The van der Waals surface area contributed by atoms with Crippen molar-refractivity contribution in [3.05, 3.63) is 29.5 Å². The predicted octanol–water partition coefficient (Wildman–Crippen LogP) is 2.22. The Morgan fingerprint density at radius 3 is 3.10 bits per heavy atom. The molecule has 0 fully saturated rings. The molecule has 20 heavy (non-hydrogen) atoms. The molecule has 1 aromatic heterocycles. The zero-order valence-electron chi connectivity index (χ0n) is 11.1. The summed E-state index contributed by atoms with van der Waals surface area (Å²) in [5.41, 5.74) is 2.20. The maximum absolute atomic E-state index is 12.0. The molecule has 0 saturated heterocycles. The molecule has 1 aliphatic heterocycles. The Bertz CT molecular complexity index is 740. The fourth-order valence-corrected chi connectivity index (χ4v) is 2.80. The largest absolute Gasteiger partial charge is 0.507 e. The van der Waals surface area contributed by atoms with Gasteiger partial charge in [0.15, 0.2) is 0 Å². The number of rotatable bonds is 2. The van der Waals surface area contributed by atoms with Crippen molar-refractivity contribution < 1.29 is 14.6 Å². The summed E-state index contributed by atoms with van der Waals surface area (Å²) >= 11 is 0. The van der Waals surface area contributed by atoms with Crippen LogP contribution in [-0.4, -0.2) is 22.2 Å². The second-order valence-corrected chi connectivity index (χ2v) is 4.90. The molecule has 1 aromatic carbocycles. The molecule has 1 atom stereocenters. The standard InChI is InChI=1S/C15H14N2O3/c1-2-20-15(19)12-6-11-13(18)4-3-10-5-9(7-16)8-17(12)14(10)11/h3-4,6,9,18H,2,5,8H2,1H3. The van der Waals surface area contributed by atoms with E-state index in [-0.39, 0.29) is 11.7 Å². The molecule has 102 valence electrons. The number of phenols is 1. The Hall–Kier alpha value is -2.48. The van der Waals surface area contributed by atoms with E-state index in [4.69, 9.17) is 10.00 Å². The van der Waals surface area contributed by atoms with Gasteiger partial charge in [0.2, 0.25) is 0 Å². The van der Waals surface area contributed by atoms with Crippen LogP contribution in [0.2, 0.25) is 0 Å². The van der Waals surface area contributed by atoms with Crippen LogP contribution < -0.4 is 0 Å². The maximum Gasteiger partial charge on any atom is 0.354 e. The molecule has 0 aliphatic carbocycles. The number of aromatic nitrogens is 1. The van der Waals surface area contributed by atoms with E-state index in [9.17, 15) is 9.90 Å². The molecule has 3 rings (SSSR count). The van der Waals surface area contributed by atoms with E-state index < -0.39 is 5.97 Å². The van der Waals surface area contributed by atoms with Crippen LogP contribution in [0.25, 0.3) is 10.9 Å². The van der Waals surface area contributed by atoms with Gasteiger partial charge in [-0.3, -0.25) is 0 Å². The van der Waals surface area contributed by atoms with Gasteiger partial charge < -0.3 is 14.4 Å². The minimum Gasteiger partial charge on any atom is -0.507 e. The van der Waals surface area contributed by atoms with Crippen molar-refractivity contribution in [2.75, 3.05) is 6.61 Å². The van der Waals surface area contributed by atoms with Crippen LogP contribution in [0.4, 0.5) is 0 Å². The third-order valence-electron chi connectivity index (χ3n) is 3.66. The molecular formula is C15H14N2O3. The number of aromatic hydroxyl groups is 1. The van der Waals surface area contributed by atoms with E-state index in [1.807, 2.05) is 6.07 Å². The molecule has 2 heterocycles. The molecule has 5 heteroatoms. The minimum absolute atomic E-state index is 0.142. The fourth-order valence-electron chi connectivity index (χ4n) is 2.80. The van der Waals surface area contributed by atoms with Gasteiger partial charge in [-0.1, -0.05) is 6.07 Å². The highest BCUT2D eigenvalue weighted by molar-refractivity contribution is 5.99. The lowest BCUT2D eigenvalue weighted by molar-refractivity contribution is 0.0513. The molecule has 1 aliphatic rings. The van der Waals surface area contributed by atoms with E-state index in [0.29, 0.717) is 30.7 Å². The summed E-state index contributed by atoms with van der Waals surface area (Å²) in [6, 6.07) is 7.32. The van der Waals surface area contributed by atoms with Gasteiger partial charge in [-0.25, -0.2) is 4.79 Å². The topological polar surface area (TPSA) is 75.2 Å². The highest BCUT2D eigenvalue weighted by Crippen LogP contribution is 2.36. The number of nitrogens with zero attached hydrogens (tertiary/aromatic N) is 2. The first kappa shape index (κ1) is 12.5. The van der Waals surface area contributed by atoms with Crippen molar-refractivity contribution in [3.8, 4) is 11.8 Å². The van der Waals surface area contributed by atoms with Crippen molar-refractivity contribution in [1.82, 2.24) is 4.57 Å². The average Bonchev–Trinajstić information content (AvgIpc) is 2.84. The van der Waals surface area contributed by atoms with Gasteiger partial charge in [-0.05, 0) is 31.0 Å². The summed E-state index contributed by atoms with van der Waals surface area (Å²) in [5.74, 6) is -0.452. The Balaban J connectivity index is 2.25. The third-order valence-corrected chi connectivity index (χ3v) is 3.66. The lowest BCUT2D eigenvalue weighted by atomic mass is 9.95. The number of ether oxygens (including phenoxy) is 1. The Morgan fingerprint density at radius 2 is 2.40 bits per heavy atom. The summed E-state index contributed by atoms with van der Waals surface area (Å²) in [5, 5.41) is 19.8. The Labute approximate surface area is 116 Å². The van der Waals surface area contributed by atoms with Crippen LogP contribution >= 0.6 is 0 Å². The molecule has 0 amide bonds. The van der Waals surface area contributed by atoms with Crippen LogP contribution in [0, 0.1) is 17.2 Å². The first-order chi connectivity index (χ1) is 9.65. The number of carbonyl (C=O) groups is 1. The van der Waals surface area contributed by atoms with Crippen molar-refractivity contribution >= 4 is 16.9 Å². The van der Waals surface area contributed by atoms with E-state index in [1.165, 1.54) is 0 Å². The second-order valence-electron chi connectivity index (χ2n) is 4.90. The molecule has 2 aromatic rings. The fraction of sp³-hybridized carbons (Fsp3) is 0.333. The van der Waals surface area contributed by atoms with E-state index in [2.05, 4.69) is 6.07 Å². The highest BCUT2D eigenvalue weighted by atomic mass is 16.5. The zero-order chi connectivity index (χ0) is 14.3. The summed E-state index contributed by atoms with van der Waals surface area (Å²) in [6.45, 7) is 2.49. The van der Waals surface area contributed by atoms with E-state index in [1.54, 1.807) is 23.6 Å². The number of hydrogen-bond acceptors (Lipinski definition) is 4. The first-order valence-corrected chi connectivity index (χ1v) is 6.56. The van der Waals surface area contributed by atoms with Crippen LogP contribution in [0.15, 0.2) is 18.2 Å². The first-order valence-electron chi connectivity index (χ1n) is 6.56. The van der Waals surface area contributed by atoms with Crippen molar-refractivity contribution in [3.63, 3.8) is 0 Å². The maximum atomic E-state index is 12.0. The van der Waals surface area contributed by atoms with Crippen LogP contribution in [-0.2, 0) is 17.7 Å². The highest BCUT2D eigenvalue weighted by Gasteiger charge is 2.27. The van der Waals surface area contributed by atoms with Gasteiger partial charge >= 0.3 is 5.97 Å². The number of benzene rings is 1. The number of phenolic OH excluding ortho intramolecular Hbond substituents is 1. The summed E-state index contributed by atoms with van der Waals surface area (Å²) < 4.78 is 6.84. The predicted molar refractivity (Wildman–Crippen MR) is 72.4 cm³/mol. The molecule has 1 unspecified atom stereocenters. The van der Waals surface area contributed by atoms with Crippen molar-refractivity contribution in [2.24, 2.45) is 5.92 Å². The van der Waals surface area contributed by atoms with Gasteiger partial charge in [-0.2, -0.15) is 5.26 Å². The molecule has 5 nitrogen and oxygen atoms in total. The summed E-state index contributed by atoms with van der Waals surface area (Å²) in [4.78, 5) is 12.0. The Kier molecular flexibility index (Phi) is 2.87. The van der Waals surface area contributed by atoms with E-state index >= 15 is 0 Å². The third kappa shape index (κ3) is 1.73. The van der Waals surface area contributed by atoms with Gasteiger partial charge in [0.25, 0.3) is 0 Å². The lowest BCUT2D eigenvalue weighted by Gasteiger charge is -2.21. The number of hydrogen-bond donors (Lipinski definition) is 1. The van der Waals surface area contributed by atoms with Crippen LogP contribution in [0.3, 0.4) is 0 Å². The van der Waals surface area contributed by atoms with E-state index in [0.717, 1.165) is 11.1 Å². The molecule has 0 bridgehead atoms. The second kappa shape index (κ2) is 4.57. The van der Waals surface area contributed by atoms with Crippen molar-refractivity contribution in [2.45, 2.75) is 19.9 Å². The molecule has 0 spiro atoms. The molecule has 0 radical (unpaired) electrons. The number of esters is 1. The number of carbonyl (C=O) groups excluding carboxylic acids is 1. The monoisotopic (exact) mass is 270 g/mol. The minimum atomic E-state index is -0.423. The zero-order valence-corrected chi connectivity index (χ0v) is 11.1. The van der Waals surface area contributed by atoms with Crippen LogP contribution in [0.5, 0.6) is 5.75 Å². The van der Waals surface area contributed by atoms with Gasteiger partial charge in [-0.15, -0.1) is 0 Å². The van der Waals surface area contributed by atoms with Gasteiger partial charge in [0.1, 0.15) is 11.4 Å². The summed E-state index contributed by atoms with van der Waals surface area (Å²) in [7, 11) is 0. The molecular weight excluding hydrogens is 256 g/mol. The quantitative estimate of drug-likeness (QED) is 0.849. The lowest BCUT2D eigenvalue weighted by Crippen LogP contribution is -2.21.